The Morgan fingerprint density at radius 2 is 1.92 bits per heavy atom. The number of benzene rings is 1. The molecule has 0 bridgehead atoms. The van der Waals surface area contributed by atoms with Gasteiger partial charge in [0.1, 0.15) is 10.8 Å². The summed E-state index contributed by atoms with van der Waals surface area (Å²) in [6.07, 6.45) is 0.834. The van der Waals surface area contributed by atoms with E-state index in [0.717, 1.165) is 43.4 Å². The summed E-state index contributed by atoms with van der Waals surface area (Å²) in [5.74, 6) is 0.832. The minimum Gasteiger partial charge on any atom is -0.497 e. The molecular weight excluding hydrogens is 338 g/mol. The molecule has 0 aliphatic carbocycles. The van der Waals surface area contributed by atoms with Crippen molar-refractivity contribution in [2.24, 2.45) is 0 Å². The van der Waals surface area contributed by atoms with Crippen molar-refractivity contribution >= 4 is 28.1 Å². The Bertz CT molecular complexity index is 695. The normalized spacial score (nSPS) is 15.2. The highest BCUT2D eigenvalue weighted by Crippen LogP contribution is 2.20. The van der Waals surface area contributed by atoms with Gasteiger partial charge in [0, 0.05) is 31.9 Å². The number of methoxy groups -OCH3 is 1. The number of hydrogen-bond acceptors (Lipinski definition) is 7. The maximum absolute atomic E-state index is 12.2. The van der Waals surface area contributed by atoms with E-state index in [2.05, 4.69) is 37.4 Å². The van der Waals surface area contributed by atoms with Crippen molar-refractivity contribution in [1.82, 2.24) is 15.1 Å². The van der Waals surface area contributed by atoms with Gasteiger partial charge in [0.2, 0.25) is 11.0 Å². The first-order valence-electron chi connectivity index (χ1n) is 8.41. The number of anilines is 2. The van der Waals surface area contributed by atoms with Crippen LogP contribution in [-0.4, -0.2) is 60.8 Å². The second kappa shape index (κ2) is 8.26. The maximum Gasteiger partial charge on any atom is 0.240 e. The average molecular weight is 361 g/mol. The Kier molecular flexibility index (Phi) is 5.83. The van der Waals surface area contributed by atoms with Gasteiger partial charge in [0.25, 0.3) is 0 Å². The van der Waals surface area contributed by atoms with Crippen molar-refractivity contribution in [3.63, 3.8) is 0 Å². The van der Waals surface area contributed by atoms with Gasteiger partial charge in [-0.3, -0.25) is 15.0 Å². The van der Waals surface area contributed by atoms with Crippen LogP contribution in [0, 0.1) is 0 Å². The lowest BCUT2D eigenvalue weighted by atomic mass is 10.2. The average Bonchev–Trinajstić information content (AvgIpc) is 3.10. The molecule has 1 aromatic carbocycles. The molecule has 0 spiro atoms. The predicted molar refractivity (Wildman–Crippen MR) is 99.6 cm³/mol. The fourth-order valence-electron chi connectivity index (χ4n) is 2.77. The van der Waals surface area contributed by atoms with Gasteiger partial charge in [-0.05, 0) is 30.7 Å². The van der Waals surface area contributed by atoms with Crippen LogP contribution in [0.25, 0.3) is 0 Å². The molecule has 1 aliphatic rings. The fourth-order valence-corrected chi connectivity index (χ4v) is 3.46. The van der Waals surface area contributed by atoms with Crippen molar-refractivity contribution < 1.29 is 9.53 Å². The SMILES string of the molecule is CCc1nnc(NC(=O)CN2CCN(c3ccc(OC)cc3)CC2)s1. The van der Waals surface area contributed by atoms with Gasteiger partial charge < -0.3 is 9.64 Å². The van der Waals surface area contributed by atoms with Crippen LogP contribution >= 0.6 is 11.3 Å². The van der Waals surface area contributed by atoms with E-state index in [1.165, 1.54) is 17.0 Å². The molecule has 1 N–H and O–H groups in total. The molecule has 25 heavy (non-hydrogen) atoms. The third kappa shape index (κ3) is 4.67. The third-order valence-corrected chi connectivity index (χ3v) is 5.18. The number of aryl methyl sites for hydroxylation is 1. The number of piperazine rings is 1. The zero-order chi connectivity index (χ0) is 17.6. The molecule has 0 saturated carbocycles. The number of rotatable bonds is 6. The molecule has 0 atom stereocenters. The summed E-state index contributed by atoms with van der Waals surface area (Å²) in [7, 11) is 1.67. The second-order valence-corrected chi connectivity index (χ2v) is 6.93. The lowest BCUT2D eigenvalue weighted by Gasteiger charge is -2.35. The predicted octanol–water partition coefficient (Wildman–Crippen LogP) is 1.87. The van der Waals surface area contributed by atoms with Gasteiger partial charge in [-0.25, -0.2) is 0 Å². The van der Waals surface area contributed by atoms with Gasteiger partial charge in [-0.2, -0.15) is 0 Å². The van der Waals surface area contributed by atoms with Crippen LogP contribution in [0.5, 0.6) is 5.75 Å². The van der Waals surface area contributed by atoms with Crippen molar-refractivity contribution in [3.05, 3.63) is 29.3 Å². The Morgan fingerprint density at radius 3 is 2.52 bits per heavy atom. The number of hydrogen-bond donors (Lipinski definition) is 1. The summed E-state index contributed by atoms with van der Waals surface area (Å²) < 4.78 is 5.19. The number of carbonyl (C=O) groups is 1. The molecule has 1 aromatic heterocycles. The monoisotopic (exact) mass is 361 g/mol. The fraction of sp³-hybridized carbons (Fsp3) is 0.471. The van der Waals surface area contributed by atoms with Crippen LogP contribution in [-0.2, 0) is 11.2 Å². The van der Waals surface area contributed by atoms with Gasteiger partial charge in [-0.15, -0.1) is 10.2 Å². The number of carbonyl (C=O) groups excluding carboxylic acids is 1. The molecular formula is C17H23N5O2S. The van der Waals surface area contributed by atoms with Crippen molar-refractivity contribution in [2.45, 2.75) is 13.3 Å². The number of nitrogens with zero attached hydrogens (tertiary/aromatic N) is 4. The zero-order valence-electron chi connectivity index (χ0n) is 14.6. The Balaban J connectivity index is 1.46. The van der Waals surface area contributed by atoms with E-state index < -0.39 is 0 Å². The molecule has 1 amide bonds. The van der Waals surface area contributed by atoms with Gasteiger partial charge >= 0.3 is 0 Å². The second-order valence-electron chi connectivity index (χ2n) is 5.86. The van der Waals surface area contributed by atoms with Crippen LogP contribution in [0.15, 0.2) is 24.3 Å². The minimum atomic E-state index is -0.0308. The number of ether oxygens (including phenoxy) is 1. The molecule has 8 heteroatoms. The summed E-state index contributed by atoms with van der Waals surface area (Å²) >= 11 is 1.43. The Labute approximate surface area is 151 Å². The van der Waals surface area contributed by atoms with E-state index in [0.29, 0.717) is 11.7 Å². The van der Waals surface area contributed by atoms with Crippen LogP contribution in [0.4, 0.5) is 10.8 Å². The lowest BCUT2D eigenvalue weighted by molar-refractivity contribution is -0.117. The zero-order valence-corrected chi connectivity index (χ0v) is 15.4. The van der Waals surface area contributed by atoms with Gasteiger partial charge in [0.05, 0.1) is 13.7 Å². The first-order chi connectivity index (χ1) is 12.2. The van der Waals surface area contributed by atoms with E-state index in [1.807, 2.05) is 19.1 Å². The molecule has 1 aliphatic heterocycles. The van der Waals surface area contributed by atoms with E-state index in [-0.39, 0.29) is 5.91 Å². The molecule has 7 nitrogen and oxygen atoms in total. The molecule has 0 unspecified atom stereocenters. The highest BCUT2D eigenvalue weighted by Gasteiger charge is 2.19. The van der Waals surface area contributed by atoms with Gasteiger partial charge in [-0.1, -0.05) is 18.3 Å². The quantitative estimate of drug-likeness (QED) is 0.847. The van der Waals surface area contributed by atoms with Gasteiger partial charge in [0.15, 0.2) is 0 Å². The van der Waals surface area contributed by atoms with E-state index in [9.17, 15) is 4.79 Å². The van der Waals surface area contributed by atoms with E-state index in [4.69, 9.17) is 4.74 Å². The molecule has 1 fully saturated rings. The Hall–Kier alpha value is -2.19. The van der Waals surface area contributed by atoms with E-state index in [1.54, 1.807) is 7.11 Å². The van der Waals surface area contributed by atoms with Crippen LogP contribution in [0.2, 0.25) is 0 Å². The molecule has 134 valence electrons. The highest BCUT2D eigenvalue weighted by molar-refractivity contribution is 7.15. The van der Waals surface area contributed by atoms with Crippen molar-refractivity contribution in [3.8, 4) is 5.75 Å². The highest BCUT2D eigenvalue weighted by atomic mass is 32.1. The van der Waals surface area contributed by atoms with Crippen LogP contribution in [0.1, 0.15) is 11.9 Å². The molecule has 1 saturated heterocycles. The smallest absolute Gasteiger partial charge is 0.240 e. The lowest BCUT2D eigenvalue weighted by Crippen LogP contribution is -2.48. The maximum atomic E-state index is 12.2. The van der Waals surface area contributed by atoms with Crippen molar-refractivity contribution in [2.75, 3.05) is 50.1 Å². The summed E-state index contributed by atoms with van der Waals surface area (Å²) in [6, 6.07) is 8.09. The summed E-state index contributed by atoms with van der Waals surface area (Å²) in [5, 5.41) is 12.4. The standard InChI is InChI=1S/C17H23N5O2S/c1-3-16-19-20-17(25-16)18-15(23)12-21-8-10-22(11-9-21)13-4-6-14(24-2)7-5-13/h4-7H,3,8-12H2,1-2H3,(H,18,20,23). The number of aromatic nitrogens is 2. The summed E-state index contributed by atoms with van der Waals surface area (Å²) in [6.45, 7) is 5.92. The number of nitrogens with one attached hydrogen (secondary N) is 1. The van der Waals surface area contributed by atoms with Crippen LogP contribution < -0.4 is 15.0 Å². The third-order valence-electron chi connectivity index (χ3n) is 4.19. The molecule has 2 aromatic rings. The minimum absolute atomic E-state index is 0.0308. The first-order valence-corrected chi connectivity index (χ1v) is 9.23. The van der Waals surface area contributed by atoms with Crippen molar-refractivity contribution in [1.29, 1.82) is 0 Å². The first kappa shape index (κ1) is 17.6. The molecule has 0 radical (unpaired) electrons. The summed E-state index contributed by atoms with van der Waals surface area (Å²) in [4.78, 5) is 16.6. The van der Waals surface area contributed by atoms with E-state index >= 15 is 0 Å². The Morgan fingerprint density at radius 1 is 1.20 bits per heavy atom. The van der Waals surface area contributed by atoms with Crippen LogP contribution in [0.3, 0.4) is 0 Å². The largest absolute Gasteiger partial charge is 0.497 e. The molecule has 2 heterocycles. The molecule has 3 rings (SSSR count). The topological polar surface area (TPSA) is 70.6 Å². The summed E-state index contributed by atoms with van der Waals surface area (Å²) in [5.41, 5.74) is 1.19. The number of amides is 1.